The minimum atomic E-state index is -0.0531. The van der Waals surface area contributed by atoms with Gasteiger partial charge >= 0.3 is 0 Å². The molecule has 0 unspecified atom stereocenters. The Labute approximate surface area is 159 Å². The molecule has 1 N–H and O–H groups in total. The highest BCUT2D eigenvalue weighted by Gasteiger charge is 2.12. The lowest BCUT2D eigenvalue weighted by molar-refractivity contribution is 0.0784. The van der Waals surface area contributed by atoms with Crippen molar-refractivity contribution in [3.05, 3.63) is 89.6 Å². The number of ether oxygens (including phenoxy) is 1. The molecular weight excluding hydrogens is 338 g/mol. The molecule has 0 aliphatic heterocycles. The molecule has 0 saturated carbocycles. The maximum absolute atomic E-state index is 12.6. The zero-order chi connectivity index (χ0) is 19.1. The fraction of sp³-hybridized carbons (Fsp3) is 0.182. The number of rotatable bonds is 7. The summed E-state index contributed by atoms with van der Waals surface area (Å²) in [6.07, 6.45) is 1.61. The molecule has 2 aromatic carbocycles. The Hall–Kier alpha value is -3.34. The van der Waals surface area contributed by atoms with Gasteiger partial charge in [-0.15, -0.1) is 0 Å². The highest BCUT2D eigenvalue weighted by atomic mass is 16.5. The average molecular weight is 361 g/mol. The maximum Gasteiger partial charge on any atom is 0.255 e. The van der Waals surface area contributed by atoms with E-state index in [9.17, 15) is 4.79 Å². The Morgan fingerprint density at radius 3 is 2.48 bits per heavy atom. The predicted octanol–water partition coefficient (Wildman–Crippen LogP) is 3.97. The van der Waals surface area contributed by atoms with Gasteiger partial charge in [0.2, 0.25) is 0 Å². The van der Waals surface area contributed by atoms with Crippen LogP contribution in [0.25, 0.3) is 0 Å². The minimum Gasteiger partial charge on any atom is -0.496 e. The van der Waals surface area contributed by atoms with Gasteiger partial charge in [0, 0.05) is 31.9 Å². The van der Waals surface area contributed by atoms with Crippen LogP contribution in [0, 0.1) is 0 Å². The molecule has 0 saturated heterocycles. The molecule has 1 heterocycles. The van der Waals surface area contributed by atoms with Gasteiger partial charge in [-0.3, -0.25) is 4.79 Å². The molecule has 0 aliphatic rings. The summed E-state index contributed by atoms with van der Waals surface area (Å²) in [5, 5.41) is 3.25. The normalized spacial score (nSPS) is 10.3. The van der Waals surface area contributed by atoms with Crippen LogP contribution in [0.3, 0.4) is 0 Å². The fourth-order valence-electron chi connectivity index (χ4n) is 2.81. The van der Waals surface area contributed by atoms with Crippen LogP contribution in [0.4, 0.5) is 5.82 Å². The van der Waals surface area contributed by atoms with Crippen LogP contribution in [0.5, 0.6) is 5.75 Å². The average Bonchev–Trinajstić information content (AvgIpc) is 2.73. The second-order valence-corrected chi connectivity index (χ2v) is 6.24. The molecule has 138 valence electrons. The van der Waals surface area contributed by atoms with Crippen molar-refractivity contribution in [2.45, 2.75) is 13.1 Å². The summed E-state index contributed by atoms with van der Waals surface area (Å²) >= 11 is 0. The first-order valence-electron chi connectivity index (χ1n) is 8.78. The number of pyridine rings is 1. The number of amides is 1. The van der Waals surface area contributed by atoms with E-state index >= 15 is 0 Å². The van der Waals surface area contributed by atoms with Crippen molar-refractivity contribution < 1.29 is 9.53 Å². The number of para-hydroxylation sites is 1. The van der Waals surface area contributed by atoms with Gasteiger partial charge in [0.25, 0.3) is 5.91 Å². The first kappa shape index (κ1) is 18.5. The van der Waals surface area contributed by atoms with Gasteiger partial charge in [0.15, 0.2) is 0 Å². The molecule has 3 rings (SSSR count). The minimum absolute atomic E-state index is 0.0531. The van der Waals surface area contributed by atoms with Crippen molar-refractivity contribution in [3.63, 3.8) is 0 Å². The molecule has 3 aromatic rings. The number of nitrogens with one attached hydrogen (secondary N) is 1. The Morgan fingerprint density at radius 2 is 1.78 bits per heavy atom. The smallest absolute Gasteiger partial charge is 0.255 e. The quantitative estimate of drug-likeness (QED) is 0.692. The lowest BCUT2D eigenvalue weighted by Crippen LogP contribution is -2.26. The van der Waals surface area contributed by atoms with Gasteiger partial charge < -0.3 is 15.0 Å². The van der Waals surface area contributed by atoms with Crippen LogP contribution in [-0.4, -0.2) is 29.9 Å². The SMILES string of the molecule is COc1ccccc1CNc1ccc(C(=O)N(C)Cc2ccccc2)cn1. The molecule has 27 heavy (non-hydrogen) atoms. The van der Waals surface area contributed by atoms with Crippen LogP contribution in [0.2, 0.25) is 0 Å². The Kier molecular flexibility index (Phi) is 6.05. The van der Waals surface area contributed by atoms with Crippen LogP contribution < -0.4 is 10.1 Å². The number of hydrogen-bond donors (Lipinski definition) is 1. The first-order chi connectivity index (χ1) is 13.2. The van der Waals surface area contributed by atoms with Crippen molar-refractivity contribution in [3.8, 4) is 5.75 Å². The lowest BCUT2D eigenvalue weighted by atomic mass is 10.2. The number of anilines is 1. The second kappa shape index (κ2) is 8.85. The van der Waals surface area contributed by atoms with Gasteiger partial charge in [-0.2, -0.15) is 0 Å². The highest BCUT2D eigenvalue weighted by Crippen LogP contribution is 2.18. The van der Waals surface area contributed by atoms with Crippen molar-refractivity contribution >= 4 is 11.7 Å². The van der Waals surface area contributed by atoms with E-state index in [1.807, 2.05) is 60.7 Å². The molecule has 1 aromatic heterocycles. The molecule has 5 nitrogen and oxygen atoms in total. The summed E-state index contributed by atoms with van der Waals surface area (Å²) in [5.74, 6) is 1.49. The predicted molar refractivity (Wildman–Crippen MR) is 107 cm³/mol. The van der Waals surface area contributed by atoms with E-state index in [2.05, 4.69) is 10.3 Å². The Balaban J connectivity index is 1.60. The van der Waals surface area contributed by atoms with Crippen LogP contribution in [0.15, 0.2) is 72.9 Å². The topological polar surface area (TPSA) is 54.5 Å². The molecule has 0 aliphatic carbocycles. The number of benzene rings is 2. The zero-order valence-electron chi connectivity index (χ0n) is 15.6. The third-order valence-corrected chi connectivity index (χ3v) is 4.27. The van der Waals surface area contributed by atoms with Gasteiger partial charge in [-0.1, -0.05) is 48.5 Å². The van der Waals surface area contributed by atoms with Gasteiger partial charge in [0.05, 0.1) is 12.7 Å². The highest BCUT2D eigenvalue weighted by molar-refractivity contribution is 5.93. The Morgan fingerprint density at radius 1 is 1.04 bits per heavy atom. The summed E-state index contributed by atoms with van der Waals surface area (Å²) in [5.41, 5.74) is 2.71. The number of hydrogen-bond acceptors (Lipinski definition) is 4. The molecule has 0 fully saturated rings. The van der Waals surface area contributed by atoms with Crippen molar-refractivity contribution in [1.82, 2.24) is 9.88 Å². The van der Waals surface area contributed by atoms with E-state index in [4.69, 9.17) is 4.74 Å². The van der Waals surface area contributed by atoms with Crippen LogP contribution in [-0.2, 0) is 13.1 Å². The molecule has 1 amide bonds. The number of aromatic nitrogens is 1. The maximum atomic E-state index is 12.6. The first-order valence-corrected chi connectivity index (χ1v) is 8.78. The number of methoxy groups -OCH3 is 1. The molecule has 0 radical (unpaired) electrons. The second-order valence-electron chi connectivity index (χ2n) is 6.24. The van der Waals surface area contributed by atoms with E-state index < -0.39 is 0 Å². The van der Waals surface area contributed by atoms with E-state index in [-0.39, 0.29) is 5.91 Å². The standard InChI is InChI=1S/C22H23N3O2/c1-25(16-17-8-4-3-5-9-17)22(26)19-12-13-21(24-15-19)23-14-18-10-6-7-11-20(18)27-2/h3-13,15H,14,16H2,1-2H3,(H,23,24). The van der Waals surface area contributed by atoms with E-state index in [1.54, 1.807) is 31.3 Å². The van der Waals surface area contributed by atoms with Crippen molar-refractivity contribution in [2.75, 3.05) is 19.5 Å². The largest absolute Gasteiger partial charge is 0.496 e. The summed E-state index contributed by atoms with van der Waals surface area (Å²) in [6, 6.07) is 21.4. The van der Waals surface area contributed by atoms with Gasteiger partial charge in [-0.25, -0.2) is 4.98 Å². The summed E-state index contributed by atoms with van der Waals surface area (Å²) in [7, 11) is 3.45. The molecular formula is C22H23N3O2. The number of nitrogens with zero attached hydrogens (tertiary/aromatic N) is 2. The zero-order valence-corrected chi connectivity index (χ0v) is 15.6. The van der Waals surface area contributed by atoms with Gasteiger partial charge in [0.1, 0.15) is 11.6 Å². The number of carbonyl (C=O) groups excluding carboxylic acids is 1. The van der Waals surface area contributed by atoms with Crippen molar-refractivity contribution in [2.24, 2.45) is 0 Å². The molecule has 0 spiro atoms. The third-order valence-electron chi connectivity index (χ3n) is 4.27. The van der Waals surface area contributed by atoms with E-state index in [0.29, 0.717) is 24.5 Å². The molecule has 5 heteroatoms. The number of carbonyl (C=O) groups is 1. The lowest BCUT2D eigenvalue weighted by Gasteiger charge is -2.17. The van der Waals surface area contributed by atoms with Gasteiger partial charge in [-0.05, 0) is 23.8 Å². The monoisotopic (exact) mass is 361 g/mol. The fourth-order valence-corrected chi connectivity index (χ4v) is 2.81. The van der Waals surface area contributed by atoms with E-state index in [0.717, 1.165) is 16.9 Å². The molecule has 0 bridgehead atoms. The Bertz CT molecular complexity index is 880. The molecule has 0 atom stereocenters. The summed E-state index contributed by atoms with van der Waals surface area (Å²) in [6.45, 7) is 1.16. The van der Waals surface area contributed by atoms with Crippen LogP contribution in [0.1, 0.15) is 21.5 Å². The third kappa shape index (κ3) is 4.85. The van der Waals surface area contributed by atoms with Crippen molar-refractivity contribution in [1.29, 1.82) is 0 Å². The summed E-state index contributed by atoms with van der Waals surface area (Å²) in [4.78, 5) is 18.6. The van der Waals surface area contributed by atoms with E-state index in [1.165, 1.54) is 0 Å². The summed E-state index contributed by atoms with van der Waals surface area (Å²) < 4.78 is 5.35. The van der Waals surface area contributed by atoms with Crippen LogP contribution >= 0.6 is 0 Å².